The molecule has 0 radical (unpaired) electrons. The van der Waals surface area contributed by atoms with Gasteiger partial charge in [-0.3, -0.25) is 4.79 Å². The molecule has 1 N–H and O–H groups in total. The van der Waals surface area contributed by atoms with Crippen molar-refractivity contribution in [2.24, 2.45) is 5.10 Å². The Balaban J connectivity index is 2.10. The van der Waals surface area contributed by atoms with Crippen LogP contribution in [0.2, 0.25) is 0 Å². The second kappa shape index (κ2) is 5.20. The lowest BCUT2D eigenvalue weighted by molar-refractivity contribution is 0.771. The van der Waals surface area contributed by atoms with Crippen molar-refractivity contribution >= 4 is 17.1 Å². The zero-order chi connectivity index (χ0) is 14.8. The van der Waals surface area contributed by atoms with Crippen LogP contribution in [-0.4, -0.2) is 15.9 Å². The van der Waals surface area contributed by atoms with Crippen LogP contribution in [0.4, 0.5) is 0 Å². The zero-order valence-corrected chi connectivity index (χ0v) is 11.4. The quantitative estimate of drug-likeness (QED) is 0.728. The van der Waals surface area contributed by atoms with Crippen molar-refractivity contribution in [3.63, 3.8) is 0 Å². The molecule has 5 heteroatoms. The highest BCUT2D eigenvalue weighted by Gasteiger charge is 2.05. The number of aromatic amines is 1. The van der Waals surface area contributed by atoms with Crippen molar-refractivity contribution in [3.8, 4) is 0 Å². The smallest absolute Gasteiger partial charge is 0.305 e. The Morgan fingerprint density at radius 1 is 1.05 bits per heavy atom. The fraction of sp³-hybridized carbons (Fsp3) is 0.0625. The van der Waals surface area contributed by atoms with Gasteiger partial charge in [-0.1, -0.05) is 42.0 Å². The SMILES string of the molecule is Cc1ccc(/C=N\n2c(=O)[nH]c3ccccc3c2=O)cc1. The molecule has 3 rings (SSSR count). The molecule has 0 bridgehead atoms. The van der Waals surface area contributed by atoms with Crippen LogP contribution in [0.5, 0.6) is 0 Å². The first-order valence-electron chi connectivity index (χ1n) is 6.50. The molecular formula is C16H13N3O2. The maximum atomic E-state index is 12.3. The van der Waals surface area contributed by atoms with E-state index in [1.54, 1.807) is 24.3 Å². The van der Waals surface area contributed by atoms with E-state index in [0.29, 0.717) is 10.9 Å². The molecule has 0 fully saturated rings. The van der Waals surface area contributed by atoms with Crippen molar-refractivity contribution in [1.82, 2.24) is 9.66 Å². The molecule has 0 saturated heterocycles. The van der Waals surface area contributed by atoms with Gasteiger partial charge in [0.25, 0.3) is 5.56 Å². The van der Waals surface area contributed by atoms with Crippen LogP contribution in [0.3, 0.4) is 0 Å². The lowest BCUT2D eigenvalue weighted by atomic mass is 10.2. The van der Waals surface area contributed by atoms with Crippen LogP contribution in [0.1, 0.15) is 11.1 Å². The maximum Gasteiger partial charge on any atom is 0.349 e. The van der Waals surface area contributed by atoms with Crippen LogP contribution in [0.15, 0.2) is 63.2 Å². The standard InChI is InChI=1S/C16H13N3O2/c1-11-6-8-12(9-7-11)10-17-19-15(20)13-4-2-3-5-14(13)18-16(19)21/h2-10H,1H3,(H,18,21)/b17-10-. The largest absolute Gasteiger partial charge is 0.349 e. The van der Waals surface area contributed by atoms with Crippen LogP contribution in [-0.2, 0) is 0 Å². The Morgan fingerprint density at radius 3 is 2.52 bits per heavy atom. The topological polar surface area (TPSA) is 67.2 Å². The van der Waals surface area contributed by atoms with Crippen LogP contribution >= 0.6 is 0 Å². The van der Waals surface area contributed by atoms with Crippen molar-refractivity contribution in [3.05, 3.63) is 80.5 Å². The predicted octanol–water partition coefficient (Wildman–Crippen LogP) is 1.88. The van der Waals surface area contributed by atoms with Gasteiger partial charge in [0.05, 0.1) is 17.1 Å². The van der Waals surface area contributed by atoms with Gasteiger partial charge in [0.2, 0.25) is 0 Å². The van der Waals surface area contributed by atoms with Gasteiger partial charge in [-0.2, -0.15) is 5.10 Å². The number of rotatable bonds is 2. The Hall–Kier alpha value is -2.95. The normalized spacial score (nSPS) is 11.3. The van der Waals surface area contributed by atoms with Gasteiger partial charge in [0.1, 0.15) is 0 Å². The number of hydrogen-bond acceptors (Lipinski definition) is 3. The van der Waals surface area contributed by atoms with Gasteiger partial charge in [-0.05, 0) is 24.6 Å². The highest BCUT2D eigenvalue weighted by Crippen LogP contribution is 2.03. The number of benzene rings is 2. The average Bonchev–Trinajstić information content (AvgIpc) is 2.49. The van der Waals surface area contributed by atoms with Crippen LogP contribution < -0.4 is 11.2 Å². The first kappa shape index (κ1) is 13.1. The van der Waals surface area contributed by atoms with Gasteiger partial charge in [-0.15, -0.1) is 4.68 Å². The van der Waals surface area contributed by atoms with Crippen molar-refractivity contribution in [2.45, 2.75) is 6.92 Å². The number of aromatic nitrogens is 2. The molecule has 3 aromatic rings. The highest BCUT2D eigenvalue weighted by atomic mass is 16.2. The molecule has 1 aromatic heterocycles. The third-order valence-electron chi connectivity index (χ3n) is 3.18. The first-order chi connectivity index (χ1) is 10.1. The summed E-state index contributed by atoms with van der Waals surface area (Å²) in [6.07, 6.45) is 1.49. The fourth-order valence-electron chi connectivity index (χ4n) is 2.03. The molecule has 0 amide bonds. The number of nitrogens with one attached hydrogen (secondary N) is 1. The van der Waals surface area contributed by atoms with Gasteiger partial charge >= 0.3 is 5.69 Å². The third kappa shape index (κ3) is 2.53. The Kier molecular flexibility index (Phi) is 3.23. The summed E-state index contributed by atoms with van der Waals surface area (Å²) >= 11 is 0. The molecule has 2 aromatic carbocycles. The third-order valence-corrected chi connectivity index (χ3v) is 3.18. The van der Waals surface area contributed by atoms with Crippen LogP contribution in [0.25, 0.3) is 10.9 Å². The summed E-state index contributed by atoms with van der Waals surface area (Å²) in [5, 5.41) is 4.42. The summed E-state index contributed by atoms with van der Waals surface area (Å²) in [4.78, 5) is 26.8. The van der Waals surface area contributed by atoms with Crippen LogP contribution in [0, 0.1) is 6.92 Å². The Labute approximate surface area is 120 Å². The number of aryl methyl sites for hydroxylation is 1. The van der Waals surface area contributed by atoms with E-state index in [9.17, 15) is 9.59 Å². The van der Waals surface area contributed by atoms with E-state index in [-0.39, 0.29) is 0 Å². The number of hydrogen-bond donors (Lipinski definition) is 1. The molecule has 5 nitrogen and oxygen atoms in total. The number of nitrogens with zero attached hydrogens (tertiary/aromatic N) is 2. The maximum absolute atomic E-state index is 12.3. The van der Waals surface area contributed by atoms with Gasteiger partial charge < -0.3 is 4.98 Å². The number of H-pyrrole nitrogens is 1. The predicted molar refractivity (Wildman–Crippen MR) is 83.0 cm³/mol. The van der Waals surface area contributed by atoms with E-state index in [2.05, 4.69) is 10.1 Å². The summed E-state index contributed by atoms with van der Waals surface area (Å²) in [5.74, 6) is 0. The van der Waals surface area contributed by atoms with E-state index in [4.69, 9.17) is 0 Å². The van der Waals surface area contributed by atoms with E-state index in [0.717, 1.165) is 15.8 Å². The number of para-hydroxylation sites is 1. The molecule has 0 saturated carbocycles. The molecule has 0 unspecified atom stereocenters. The second-order valence-corrected chi connectivity index (χ2v) is 4.75. The molecule has 0 aliphatic rings. The molecule has 0 atom stereocenters. The van der Waals surface area contributed by atoms with Gasteiger partial charge in [0, 0.05) is 0 Å². The molecule has 21 heavy (non-hydrogen) atoms. The molecule has 0 aliphatic carbocycles. The molecule has 0 aliphatic heterocycles. The zero-order valence-electron chi connectivity index (χ0n) is 11.4. The minimum absolute atomic E-state index is 0.429. The minimum Gasteiger partial charge on any atom is -0.305 e. The number of fused-ring (bicyclic) bond motifs is 1. The van der Waals surface area contributed by atoms with Gasteiger partial charge in [-0.25, -0.2) is 4.79 Å². The fourth-order valence-corrected chi connectivity index (χ4v) is 2.03. The molecule has 104 valence electrons. The van der Waals surface area contributed by atoms with Gasteiger partial charge in [0.15, 0.2) is 0 Å². The summed E-state index contributed by atoms with van der Waals surface area (Å²) in [6.45, 7) is 1.99. The molecule has 1 heterocycles. The van der Waals surface area contributed by atoms with E-state index in [1.165, 1.54) is 6.21 Å². The summed E-state index contributed by atoms with van der Waals surface area (Å²) in [5.41, 5.74) is 1.47. The van der Waals surface area contributed by atoms with E-state index >= 15 is 0 Å². The lowest BCUT2D eigenvalue weighted by Gasteiger charge is -2.00. The first-order valence-corrected chi connectivity index (χ1v) is 6.50. The molecular weight excluding hydrogens is 266 g/mol. The molecule has 0 spiro atoms. The highest BCUT2D eigenvalue weighted by molar-refractivity contribution is 5.80. The summed E-state index contributed by atoms with van der Waals surface area (Å²) in [7, 11) is 0. The van der Waals surface area contributed by atoms with Crippen molar-refractivity contribution in [1.29, 1.82) is 0 Å². The average molecular weight is 279 g/mol. The van der Waals surface area contributed by atoms with Crippen molar-refractivity contribution < 1.29 is 0 Å². The van der Waals surface area contributed by atoms with E-state index in [1.807, 2.05) is 31.2 Å². The second-order valence-electron chi connectivity index (χ2n) is 4.75. The minimum atomic E-state index is -0.554. The Morgan fingerprint density at radius 2 is 1.76 bits per heavy atom. The van der Waals surface area contributed by atoms with E-state index < -0.39 is 11.2 Å². The summed E-state index contributed by atoms with van der Waals surface area (Å²) in [6, 6.07) is 14.5. The summed E-state index contributed by atoms with van der Waals surface area (Å²) < 4.78 is 0.836. The monoisotopic (exact) mass is 279 g/mol. The lowest BCUT2D eigenvalue weighted by Crippen LogP contribution is -2.32. The Bertz CT molecular complexity index is 934. The van der Waals surface area contributed by atoms with Crippen molar-refractivity contribution in [2.75, 3.05) is 0 Å².